The summed E-state index contributed by atoms with van der Waals surface area (Å²) in [5, 5.41) is 4.06. The fourth-order valence-electron chi connectivity index (χ4n) is 4.82. The Kier molecular flexibility index (Phi) is 13.6. The highest BCUT2D eigenvalue weighted by molar-refractivity contribution is 9.10. The van der Waals surface area contributed by atoms with Crippen molar-refractivity contribution < 1.29 is 32.9 Å². The molecule has 11 nitrogen and oxygen atoms in total. The van der Waals surface area contributed by atoms with E-state index in [0.29, 0.717) is 63.2 Å². The first-order valence-corrected chi connectivity index (χ1v) is 16.5. The van der Waals surface area contributed by atoms with E-state index in [1.165, 1.54) is 0 Å². The van der Waals surface area contributed by atoms with Crippen LogP contribution in [0, 0.1) is 5.82 Å². The average Bonchev–Trinajstić information content (AvgIpc) is 3.03. The molecule has 0 saturated carbocycles. The minimum atomic E-state index is -0.528. The predicted molar refractivity (Wildman–Crippen MR) is 180 cm³/mol. The second-order valence-electron chi connectivity index (χ2n) is 11.5. The van der Waals surface area contributed by atoms with Crippen molar-refractivity contribution >= 4 is 61.9 Å². The molecule has 0 bridgehead atoms. The summed E-state index contributed by atoms with van der Waals surface area (Å²) in [4.78, 5) is 25.1. The van der Waals surface area contributed by atoms with Crippen molar-refractivity contribution in [3.05, 3.63) is 45.6 Å². The number of nitrogens with one attached hydrogen (secondary N) is 1. The van der Waals surface area contributed by atoms with Gasteiger partial charge in [-0.25, -0.2) is 14.2 Å². The van der Waals surface area contributed by atoms with Gasteiger partial charge in [-0.1, -0.05) is 11.6 Å². The molecule has 1 N–H and O–H groups in total. The zero-order chi connectivity index (χ0) is 33.1. The molecule has 1 aliphatic heterocycles. The molecule has 252 valence electrons. The number of halogens is 3. The Hall–Kier alpha value is -2.81. The van der Waals surface area contributed by atoms with Crippen LogP contribution in [0.5, 0.6) is 5.75 Å². The number of anilines is 3. The number of fused-ring (bicyclic) bond motifs is 1. The van der Waals surface area contributed by atoms with E-state index in [1.54, 1.807) is 13.0 Å². The highest BCUT2D eigenvalue weighted by atomic mass is 79.9. The van der Waals surface area contributed by atoms with Crippen molar-refractivity contribution in [1.82, 2.24) is 14.9 Å². The van der Waals surface area contributed by atoms with Crippen molar-refractivity contribution in [2.45, 2.75) is 33.2 Å². The van der Waals surface area contributed by atoms with E-state index in [2.05, 4.69) is 56.8 Å². The number of hydrogen-bond donors (Lipinski definition) is 1. The minimum absolute atomic E-state index is 0.0652. The standard InChI is InChI=1S/C32H42BrClFN5O6/c1-5-45-26(41)21-44-17-16-42-14-15-43-18-19-46-23-8-6-22(7-9-23)36-31-37-29-24(20-25(34)27(33)28(29)35)30(38-31)39-10-12-40(13-11-39)32(2,3)4/h6-9,20H,5,10-19,21H2,1-4H3,(H,36,37,38). The Bertz CT molecular complexity index is 1440. The second-order valence-corrected chi connectivity index (χ2v) is 12.7. The maximum absolute atomic E-state index is 15.4. The topological polar surface area (TPSA) is 108 Å². The molecular formula is C32H42BrClFN5O6. The molecule has 1 fully saturated rings. The molecule has 2 heterocycles. The monoisotopic (exact) mass is 725 g/mol. The molecule has 4 rings (SSSR count). The number of rotatable bonds is 16. The Morgan fingerprint density at radius 3 is 2.24 bits per heavy atom. The fraction of sp³-hybridized carbons (Fsp3) is 0.531. The lowest BCUT2D eigenvalue weighted by Gasteiger charge is -2.42. The van der Waals surface area contributed by atoms with Crippen molar-refractivity contribution in [3.8, 4) is 5.75 Å². The maximum Gasteiger partial charge on any atom is 0.332 e. The van der Waals surface area contributed by atoms with Gasteiger partial charge in [0.15, 0.2) is 5.82 Å². The Morgan fingerprint density at radius 2 is 1.61 bits per heavy atom. The SMILES string of the molecule is CCOC(=O)COCCOCCOCCOc1ccc(Nc2nc(N3CCN(C(C)(C)C)CC3)c3cc(Cl)c(Br)c(F)c3n2)cc1. The summed E-state index contributed by atoms with van der Waals surface area (Å²) in [5.74, 6) is 0.679. The van der Waals surface area contributed by atoms with Crippen molar-refractivity contribution in [1.29, 1.82) is 0 Å². The predicted octanol–water partition coefficient (Wildman–Crippen LogP) is 5.84. The molecule has 0 unspecified atom stereocenters. The van der Waals surface area contributed by atoms with E-state index in [-0.39, 0.29) is 39.1 Å². The summed E-state index contributed by atoms with van der Waals surface area (Å²) in [5.41, 5.74) is 0.980. The second kappa shape index (κ2) is 17.4. The number of ether oxygens (including phenoxy) is 5. The van der Waals surface area contributed by atoms with Gasteiger partial charge >= 0.3 is 5.97 Å². The van der Waals surface area contributed by atoms with Crippen LogP contribution in [0.1, 0.15) is 27.7 Å². The molecular weight excluding hydrogens is 685 g/mol. The molecule has 0 aliphatic carbocycles. The number of carbonyl (C=O) groups excluding carboxylic acids is 1. The Morgan fingerprint density at radius 1 is 0.978 bits per heavy atom. The van der Waals surface area contributed by atoms with E-state index in [0.717, 1.165) is 31.9 Å². The summed E-state index contributed by atoms with van der Waals surface area (Å²) in [6.45, 7) is 14.1. The third kappa shape index (κ3) is 10.3. The smallest absolute Gasteiger partial charge is 0.332 e. The minimum Gasteiger partial charge on any atom is -0.491 e. The molecule has 0 spiro atoms. The van der Waals surface area contributed by atoms with Crippen LogP contribution in [0.15, 0.2) is 34.8 Å². The van der Waals surface area contributed by atoms with Crippen LogP contribution in [0.4, 0.5) is 21.8 Å². The first-order valence-electron chi connectivity index (χ1n) is 15.3. The van der Waals surface area contributed by atoms with Gasteiger partial charge in [-0.05, 0) is 74.0 Å². The van der Waals surface area contributed by atoms with Crippen LogP contribution in [0.3, 0.4) is 0 Å². The van der Waals surface area contributed by atoms with Crippen LogP contribution >= 0.6 is 27.5 Å². The van der Waals surface area contributed by atoms with Crippen molar-refractivity contribution in [3.63, 3.8) is 0 Å². The highest BCUT2D eigenvalue weighted by Gasteiger charge is 2.28. The normalized spacial score (nSPS) is 14.1. The molecule has 1 saturated heterocycles. The van der Waals surface area contributed by atoms with Gasteiger partial charge in [0.2, 0.25) is 5.95 Å². The van der Waals surface area contributed by atoms with Gasteiger partial charge in [0.05, 0.1) is 49.1 Å². The number of piperazine rings is 1. The highest BCUT2D eigenvalue weighted by Crippen LogP contribution is 2.36. The largest absolute Gasteiger partial charge is 0.491 e. The van der Waals surface area contributed by atoms with E-state index >= 15 is 4.39 Å². The number of esters is 1. The summed E-state index contributed by atoms with van der Waals surface area (Å²) < 4.78 is 42.2. The molecule has 1 aliphatic rings. The van der Waals surface area contributed by atoms with Gasteiger partial charge in [0.25, 0.3) is 0 Å². The lowest BCUT2D eigenvalue weighted by molar-refractivity contribution is -0.149. The summed E-state index contributed by atoms with van der Waals surface area (Å²) in [7, 11) is 0. The third-order valence-corrected chi connectivity index (χ3v) is 8.51. The molecule has 0 atom stereocenters. The summed E-state index contributed by atoms with van der Waals surface area (Å²) in [6.07, 6.45) is 0. The molecule has 3 aromatic rings. The quantitative estimate of drug-likeness (QED) is 0.109. The van der Waals surface area contributed by atoms with Crippen LogP contribution in [-0.4, -0.2) is 105 Å². The third-order valence-electron chi connectivity index (χ3n) is 7.21. The van der Waals surface area contributed by atoms with Gasteiger partial charge in [-0.3, -0.25) is 4.90 Å². The summed E-state index contributed by atoms with van der Waals surface area (Å²) >= 11 is 9.60. The van der Waals surface area contributed by atoms with Gasteiger partial charge in [-0.15, -0.1) is 0 Å². The lowest BCUT2D eigenvalue weighted by atomic mass is 10.0. The van der Waals surface area contributed by atoms with E-state index in [4.69, 9.17) is 40.3 Å². The number of aromatic nitrogens is 2. The number of hydrogen-bond acceptors (Lipinski definition) is 11. The first-order chi connectivity index (χ1) is 22.1. The lowest BCUT2D eigenvalue weighted by Crippen LogP contribution is -2.53. The van der Waals surface area contributed by atoms with Crippen molar-refractivity contribution in [2.24, 2.45) is 0 Å². The molecule has 46 heavy (non-hydrogen) atoms. The van der Waals surface area contributed by atoms with Crippen LogP contribution in [-0.2, 0) is 23.7 Å². The number of benzene rings is 2. The zero-order valence-corrected chi connectivity index (χ0v) is 29.1. The molecule has 2 aromatic carbocycles. The van der Waals surface area contributed by atoms with Crippen LogP contribution in [0.2, 0.25) is 5.02 Å². The fourth-order valence-corrected chi connectivity index (χ4v) is 5.32. The molecule has 1 aromatic heterocycles. The van der Waals surface area contributed by atoms with Crippen LogP contribution in [0.25, 0.3) is 10.9 Å². The molecule has 0 amide bonds. The Labute approximate surface area is 282 Å². The molecule has 14 heteroatoms. The van der Waals surface area contributed by atoms with Gasteiger partial charge in [0.1, 0.15) is 30.3 Å². The number of nitrogens with zero attached hydrogens (tertiary/aromatic N) is 4. The van der Waals surface area contributed by atoms with E-state index in [9.17, 15) is 4.79 Å². The van der Waals surface area contributed by atoms with Gasteiger partial charge < -0.3 is 33.9 Å². The van der Waals surface area contributed by atoms with Gasteiger partial charge in [0, 0.05) is 42.8 Å². The van der Waals surface area contributed by atoms with Crippen molar-refractivity contribution in [2.75, 3.05) is 89.3 Å². The maximum atomic E-state index is 15.4. The summed E-state index contributed by atoms with van der Waals surface area (Å²) in [6, 6.07) is 9.06. The average molecular weight is 727 g/mol. The first kappa shape index (κ1) is 36.0. The van der Waals surface area contributed by atoms with E-state index in [1.807, 2.05) is 24.3 Å². The number of carbonyl (C=O) groups is 1. The Balaban J connectivity index is 1.27. The zero-order valence-electron chi connectivity index (χ0n) is 26.7. The molecule has 0 radical (unpaired) electrons. The van der Waals surface area contributed by atoms with Crippen LogP contribution < -0.4 is 15.0 Å². The van der Waals surface area contributed by atoms with Gasteiger partial charge in [-0.2, -0.15) is 4.98 Å². The van der Waals surface area contributed by atoms with E-state index < -0.39 is 5.82 Å².